The van der Waals surface area contributed by atoms with Gasteiger partial charge in [0.05, 0.1) is 5.56 Å². The second-order valence-electron chi connectivity index (χ2n) is 5.52. The first-order valence-electron chi connectivity index (χ1n) is 6.63. The van der Waals surface area contributed by atoms with Gasteiger partial charge in [-0.3, -0.25) is 0 Å². The van der Waals surface area contributed by atoms with E-state index in [1.54, 1.807) is 6.07 Å². The van der Waals surface area contributed by atoms with Crippen molar-refractivity contribution in [2.45, 2.75) is 39.2 Å². The molecule has 1 aliphatic carbocycles. The fraction of sp³-hybridized carbons (Fsp3) is 0.571. The van der Waals surface area contributed by atoms with Crippen molar-refractivity contribution in [3.63, 3.8) is 0 Å². The number of aromatic carboxylic acids is 1. The molecule has 2 rings (SSSR count). The lowest BCUT2D eigenvalue weighted by atomic mass is 9.80. The number of pyridine rings is 1. The lowest BCUT2D eigenvalue weighted by molar-refractivity contribution is 0.0697. The second-order valence-corrected chi connectivity index (χ2v) is 5.90. The van der Waals surface area contributed by atoms with Crippen molar-refractivity contribution in [2.24, 2.45) is 11.8 Å². The molecule has 0 aliphatic heterocycles. The summed E-state index contributed by atoms with van der Waals surface area (Å²) < 4.78 is 0. The number of nitrogens with one attached hydrogen (secondary N) is 1. The van der Waals surface area contributed by atoms with Crippen LogP contribution in [0.4, 0.5) is 5.82 Å². The minimum atomic E-state index is -0.988. The van der Waals surface area contributed by atoms with Crippen LogP contribution in [0.3, 0.4) is 0 Å². The van der Waals surface area contributed by atoms with Gasteiger partial charge in [-0.25, -0.2) is 9.78 Å². The second kappa shape index (κ2) is 5.78. The molecule has 1 heterocycles. The summed E-state index contributed by atoms with van der Waals surface area (Å²) in [5, 5.41) is 12.5. The van der Waals surface area contributed by atoms with Crippen LogP contribution in [0.2, 0.25) is 5.15 Å². The number of carbonyl (C=O) groups is 1. The van der Waals surface area contributed by atoms with Crippen molar-refractivity contribution in [3.8, 4) is 0 Å². The first-order chi connectivity index (χ1) is 8.95. The van der Waals surface area contributed by atoms with E-state index in [-0.39, 0.29) is 10.7 Å². The van der Waals surface area contributed by atoms with Gasteiger partial charge in [0.1, 0.15) is 11.0 Å². The molecule has 0 spiro atoms. The molecule has 5 heteroatoms. The van der Waals surface area contributed by atoms with Crippen LogP contribution in [0.15, 0.2) is 12.1 Å². The molecule has 3 atom stereocenters. The number of hydrogen-bond donors (Lipinski definition) is 2. The molecule has 4 nitrogen and oxygen atoms in total. The number of carboxylic acids is 1. The van der Waals surface area contributed by atoms with Gasteiger partial charge in [-0.1, -0.05) is 25.4 Å². The minimum absolute atomic E-state index is 0.166. The summed E-state index contributed by atoms with van der Waals surface area (Å²) in [6, 6.07) is 3.24. The van der Waals surface area contributed by atoms with E-state index in [0.717, 1.165) is 12.3 Å². The van der Waals surface area contributed by atoms with Crippen LogP contribution in [0, 0.1) is 11.8 Å². The third-order valence-electron chi connectivity index (χ3n) is 3.81. The summed E-state index contributed by atoms with van der Waals surface area (Å²) in [5.41, 5.74) is 0.166. The predicted octanol–water partition coefficient (Wildman–Crippen LogP) is 3.67. The Hall–Kier alpha value is -1.29. The summed E-state index contributed by atoms with van der Waals surface area (Å²) in [6.45, 7) is 4.49. The van der Waals surface area contributed by atoms with Gasteiger partial charge >= 0.3 is 5.97 Å². The molecule has 2 N–H and O–H groups in total. The number of nitrogens with zero attached hydrogens (tertiary/aromatic N) is 1. The monoisotopic (exact) mass is 282 g/mol. The molecule has 0 bridgehead atoms. The van der Waals surface area contributed by atoms with Crippen molar-refractivity contribution >= 4 is 23.4 Å². The maximum Gasteiger partial charge on any atom is 0.335 e. The van der Waals surface area contributed by atoms with Crippen molar-refractivity contribution in [1.29, 1.82) is 0 Å². The van der Waals surface area contributed by atoms with Crippen molar-refractivity contribution in [3.05, 3.63) is 22.8 Å². The SMILES string of the molecule is CC1CCC(Nc2cc(C(=O)O)cc(Cl)n2)C(C)C1. The van der Waals surface area contributed by atoms with Crippen molar-refractivity contribution < 1.29 is 9.90 Å². The lowest BCUT2D eigenvalue weighted by Crippen LogP contribution is -2.33. The van der Waals surface area contributed by atoms with Gasteiger partial charge in [0, 0.05) is 6.04 Å². The Morgan fingerprint density at radius 1 is 1.42 bits per heavy atom. The van der Waals surface area contributed by atoms with E-state index in [4.69, 9.17) is 16.7 Å². The van der Waals surface area contributed by atoms with Crippen LogP contribution >= 0.6 is 11.6 Å². The molecule has 1 aromatic rings. The summed E-state index contributed by atoms with van der Waals surface area (Å²) in [7, 11) is 0. The van der Waals surface area contributed by atoms with Crippen LogP contribution in [0.1, 0.15) is 43.5 Å². The molecule has 1 saturated carbocycles. The fourth-order valence-corrected chi connectivity index (χ4v) is 2.97. The third-order valence-corrected chi connectivity index (χ3v) is 4.00. The van der Waals surface area contributed by atoms with E-state index in [0.29, 0.717) is 17.8 Å². The van der Waals surface area contributed by atoms with E-state index in [2.05, 4.69) is 24.1 Å². The topological polar surface area (TPSA) is 62.2 Å². The Balaban J connectivity index is 2.12. The summed E-state index contributed by atoms with van der Waals surface area (Å²) in [4.78, 5) is 15.1. The molecule has 1 aliphatic rings. The number of hydrogen-bond acceptors (Lipinski definition) is 3. The van der Waals surface area contributed by atoms with Gasteiger partial charge in [-0.2, -0.15) is 0 Å². The zero-order valence-electron chi connectivity index (χ0n) is 11.2. The zero-order chi connectivity index (χ0) is 14.0. The molecule has 0 amide bonds. The predicted molar refractivity (Wildman–Crippen MR) is 75.8 cm³/mol. The third kappa shape index (κ3) is 3.60. The molecular formula is C14H19ClN2O2. The van der Waals surface area contributed by atoms with Gasteiger partial charge in [0.15, 0.2) is 0 Å². The van der Waals surface area contributed by atoms with Gasteiger partial charge in [0.25, 0.3) is 0 Å². The van der Waals surface area contributed by atoms with Gasteiger partial charge in [0.2, 0.25) is 0 Å². The van der Waals surface area contributed by atoms with E-state index in [1.165, 1.54) is 18.9 Å². The molecule has 0 aromatic carbocycles. The first kappa shape index (κ1) is 14.1. The highest BCUT2D eigenvalue weighted by Crippen LogP contribution is 2.30. The summed E-state index contributed by atoms with van der Waals surface area (Å²) in [5.74, 6) is 0.877. The molecule has 0 radical (unpaired) electrons. The van der Waals surface area contributed by atoms with E-state index in [9.17, 15) is 4.79 Å². The van der Waals surface area contributed by atoms with E-state index in [1.807, 2.05) is 0 Å². The molecule has 104 valence electrons. The van der Waals surface area contributed by atoms with Crippen molar-refractivity contribution in [2.75, 3.05) is 5.32 Å². The molecule has 1 aromatic heterocycles. The van der Waals surface area contributed by atoms with Gasteiger partial charge < -0.3 is 10.4 Å². The van der Waals surface area contributed by atoms with E-state index >= 15 is 0 Å². The first-order valence-corrected chi connectivity index (χ1v) is 7.01. The molecule has 3 unspecified atom stereocenters. The largest absolute Gasteiger partial charge is 0.478 e. The normalized spacial score (nSPS) is 27.0. The van der Waals surface area contributed by atoms with Crippen LogP contribution < -0.4 is 5.32 Å². The molecule has 19 heavy (non-hydrogen) atoms. The molecular weight excluding hydrogens is 264 g/mol. The van der Waals surface area contributed by atoms with Crippen LogP contribution in [0.5, 0.6) is 0 Å². The maximum absolute atomic E-state index is 11.0. The molecule has 1 fully saturated rings. The van der Waals surface area contributed by atoms with Crippen molar-refractivity contribution in [1.82, 2.24) is 4.98 Å². The number of carboxylic acid groups (broad SMARTS) is 1. The summed E-state index contributed by atoms with van der Waals surface area (Å²) in [6.07, 6.45) is 3.46. The molecule has 0 saturated heterocycles. The Labute approximate surface area is 118 Å². The quantitative estimate of drug-likeness (QED) is 0.831. The Bertz CT molecular complexity index is 479. The average Bonchev–Trinajstić information content (AvgIpc) is 2.32. The number of aromatic nitrogens is 1. The highest BCUT2D eigenvalue weighted by Gasteiger charge is 2.25. The minimum Gasteiger partial charge on any atom is -0.478 e. The van der Waals surface area contributed by atoms with Gasteiger partial charge in [-0.15, -0.1) is 0 Å². The lowest BCUT2D eigenvalue weighted by Gasteiger charge is -2.33. The highest BCUT2D eigenvalue weighted by atomic mass is 35.5. The number of halogens is 1. The van der Waals surface area contributed by atoms with E-state index < -0.39 is 5.97 Å². The number of rotatable bonds is 3. The summed E-state index contributed by atoms with van der Waals surface area (Å²) >= 11 is 5.86. The zero-order valence-corrected chi connectivity index (χ0v) is 11.9. The Kier molecular flexibility index (Phi) is 4.30. The standard InChI is InChI=1S/C14H19ClN2O2/c1-8-3-4-11(9(2)5-8)16-13-7-10(14(18)19)6-12(15)17-13/h6-9,11H,3-5H2,1-2H3,(H,16,17)(H,18,19). The average molecular weight is 283 g/mol. The number of anilines is 1. The Morgan fingerprint density at radius 2 is 2.16 bits per heavy atom. The van der Waals surface area contributed by atoms with Crippen LogP contribution in [0.25, 0.3) is 0 Å². The van der Waals surface area contributed by atoms with Crippen LogP contribution in [-0.4, -0.2) is 22.1 Å². The maximum atomic E-state index is 11.0. The highest BCUT2D eigenvalue weighted by molar-refractivity contribution is 6.29. The fourth-order valence-electron chi connectivity index (χ4n) is 2.76. The van der Waals surface area contributed by atoms with Gasteiger partial charge in [-0.05, 0) is 43.2 Å². The Morgan fingerprint density at radius 3 is 2.79 bits per heavy atom. The van der Waals surface area contributed by atoms with Crippen LogP contribution in [-0.2, 0) is 0 Å². The smallest absolute Gasteiger partial charge is 0.335 e.